The number of nitrogens with zero attached hydrogens (tertiary/aromatic N) is 2. The zero-order valence-electron chi connectivity index (χ0n) is 21.8. The molecule has 1 aliphatic carbocycles. The van der Waals surface area contributed by atoms with Crippen LogP contribution in [0, 0.1) is 0 Å². The Morgan fingerprint density at radius 2 is 1.54 bits per heavy atom. The summed E-state index contributed by atoms with van der Waals surface area (Å²) in [7, 11) is 8.74. The number of aryl methyl sites for hydroxylation is 1. The van der Waals surface area contributed by atoms with Gasteiger partial charge in [0.2, 0.25) is 6.41 Å². The lowest BCUT2D eigenvalue weighted by Gasteiger charge is -2.34. The molecule has 0 fully saturated rings. The average Bonchev–Trinajstić information content (AvgIpc) is 2.88. The van der Waals surface area contributed by atoms with Crippen molar-refractivity contribution < 1.29 is 23.7 Å². The predicted octanol–water partition coefficient (Wildman–Crippen LogP) is 4.37. The Bertz CT molecular complexity index is 1040. The molecule has 1 atom stereocenters. The smallest absolute Gasteiger partial charge is 0.213 e. The van der Waals surface area contributed by atoms with Gasteiger partial charge in [-0.15, -0.1) is 0 Å². The van der Waals surface area contributed by atoms with Crippen LogP contribution in [0.3, 0.4) is 0 Å². The van der Waals surface area contributed by atoms with Gasteiger partial charge in [-0.3, -0.25) is 4.79 Å². The van der Waals surface area contributed by atoms with Crippen LogP contribution in [0.15, 0.2) is 30.5 Å². The van der Waals surface area contributed by atoms with E-state index in [1.165, 1.54) is 11.1 Å². The molecule has 0 saturated heterocycles. The van der Waals surface area contributed by atoms with E-state index in [1.54, 1.807) is 33.3 Å². The highest BCUT2D eigenvalue weighted by atomic mass is 16.5. The van der Waals surface area contributed by atoms with Crippen LogP contribution in [0.4, 0.5) is 0 Å². The summed E-state index contributed by atoms with van der Waals surface area (Å²) in [6.07, 6.45) is 7.48. The van der Waals surface area contributed by atoms with Crippen LogP contribution in [0.1, 0.15) is 41.5 Å². The SMILES string of the molecule is CCc1cc(OC)c(OC)cc1/C=C\N(C=O)CCCN(C)CC1Cc2cc(OC)c(OC)cc21. The lowest BCUT2D eigenvalue weighted by Crippen LogP contribution is -2.32. The van der Waals surface area contributed by atoms with Gasteiger partial charge in [0.15, 0.2) is 23.0 Å². The standard InChI is InChI=1S/C28H38N2O5/c1-7-20-14-25(32-3)26(33-4)15-21(20)9-12-30(19-31)11-8-10-29(2)18-23-13-22-16-27(34-5)28(35-6)17-24(22)23/h9,12,14-17,19,23H,7-8,10-11,13,18H2,1-6H3/b12-9-. The van der Waals surface area contributed by atoms with Crippen molar-refractivity contribution in [2.24, 2.45) is 0 Å². The second-order valence-electron chi connectivity index (χ2n) is 8.84. The quantitative estimate of drug-likeness (QED) is 0.373. The Kier molecular flexibility index (Phi) is 9.43. The number of benzene rings is 2. The number of fused-ring (bicyclic) bond motifs is 1. The molecule has 35 heavy (non-hydrogen) atoms. The highest BCUT2D eigenvalue weighted by molar-refractivity contribution is 5.62. The molecule has 1 amide bonds. The molecule has 0 aliphatic heterocycles. The molecule has 1 aliphatic rings. The van der Waals surface area contributed by atoms with Crippen LogP contribution in [0.25, 0.3) is 6.08 Å². The highest BCUT2D eigenvalue weighted by Gasteiger charge is 2.29. The van der Waals surface area contributed by atoms with Crippen molar-refractivity contribution in [2.75, 3.05) is 55.1 Å². The lowest BCUT2D eigenvalue weighted by atomic mass is 9.77. The Morgan fingerprint density at radius 3 is 2.17 bits per heavy atom. The Balaban J connectivity index is 1.52. The van der Waals surface area contributed by atoms with Gasteiger partial charge in [-0.2, -0.15) is 0 Å². The molecule has 2 aromatic carbocycles. The largest absolute Gasteiger partial charge is 0.493 e. The van der Waals surface area contributed by atoms with Crippen LogP contribution in [0.5, 0.6) is 23.0 Å². The summed E-state index contributed by atoms with van der Waals surface area (Å²) in [6.45, 7) is 4.64. The van der Waals surface area contributed by atoms with Crippen molar-refractivity contribution in [3.63, 3.8) is 0 Å². The van der Waals surface area contributed by atoms with Crippen molar-refractivity contribution in [1.29, 1.82) is 0 Å². The van der Waals surface area contributed by atoms with E-state index < -0.39 is 0 Å². The third-order valence-electron chi connectivity index (χ3n) is 6.65. The molecule has 190 valence electrons. The van der Waals surface area contributed by atoms with E-state index in [4.69, 9.17) is 18.9 Å². The zero-order valence-corrected chi connectivity index (χ0v) is 21.8. The van der Waals surface area contributed by atoms with Gasteiger partial charge in [-0.05, 0) is 85.5 Å². The lowest BCUT2D eigenvalue weighted by molar-refractivity contribution is -0.115. The van der Waals surface area contributed by atoms with E-state index in [1.807, 2.05) is 24.4 Å². The van der Waals surface area contributed by atoms with Gasteiger partial charge in [0, 0.05) is 25.2 Å². The summed E-state index contributed by atoms with van der Waals surface area (Å²) in [5.74, 6) is 3.46. The molecule has 1 unspecified atom stereocenters. The van der Waals surface area contributed by atoms with E-state index in [0.717, 1.165) is 61.4 Å². The average molecular weight is 483 g/mol. The number of amides is 1. The van der Waals surface area contributed by atoms with Gasteiger partial charge in [-0.1, -0.05) is 6.92 Å². The first-order valence-corrected chi connectivity index (χ1v) is 12.0. The van der Waals surface area contributed by atoms with Crippen LogP contribution in [-0.2, 0) is 17.6 Å². The summed E-state index contributed by atoms with van der Waals surface area (Å²) in [5.41, 5.74) is 4.83. The van der Waals surface area contributed by atoms with E-state index >= 15 is 0 Å². The van der Waals surface area contributed by atoms with Crippen LogP contribution in [-0.4, -0.2) is 71.3 Å². The number of rotatable bonds is 14. The van der Waals surface area contributed by atoms with E-state index in [2.05, 4.69) is 31.0 Å². The number of likely N-dealkylation sites (N-methyl/N-ethyl adjacent to an activating group) is 1. The third-order valence-corrected chi connectivity index (χ3v) is 6.65. The first kappa shape index (κ1) is 26.4. The van der Waals surface area contributed by atoms with Crippen molar-refractivity contribution in [2.45, 2.75) is 32.1 Å². The number of hydrogen-bond donors (Lipinski definition) is 0. The minimum absolute atomic E-state index is 0.495. The summed E-state index contributed by atoms with van der Waals surface area (Å²) >= 11 is 0. The van der Waals surface area contributed by atoms with Crippen LogP contribution >= 0.6 is 0 Å². The van der Waals surface area contributed by atoms with Crippen molar-refractivity contribution in [1.82, 2.24) is 9.80 Å². The fourth-order valence-electron chi connectivity index (χ4n) is 4.63. The number of ether oxygens (including phenoxy) is 4. The molecule has 0 radical (unpaired) electrons. The normalized spacial score (nSPS) is 14.4. The van der Waals surface area contributed by atoms with Gasteiger partial charge < -0.3 is 28.7 Å². The minimum Gasteiger partial charge on any atom is -0.493 e. The fraction of sp³-hybridized carbons (Fsp3) is 0.464. The molecular weight excluding hydrogens is 444 g/mol. The number of carbonyl (C=O) groups excluding carboxylic acids is 1. The second kappa shape index (κ2) is 12.5. The van der Waals surface area contributed by atoms with Gasteiger partial charge in [-0.25, -0.2) is 0 Å². The molecule has 7 nitrogen and oxygen atoms in total. The fourth-order valence-corrected chi connectivity index (χ4v) is 4.63. The summed E-state index contributed by atoms with van der Waals surface area (Å²) in [6, 6.07) is 8.13. The summed E-state index contributed by atoms with van der Waals surface area (Å²) in [4.78, 5) is 15.7. The number of hydrogen-bond acceptors (Lipinski definition) is 6. The van der Waals surface area contributed by atoms with E-state index in [-0.39, 0.29) is 0 Å². The van der Waals surface area contributed by atoms with Crippen molar-refractivity contribution in [3.8, 4) is 23.0 Å². The Hall–Kier alpha value is -3.19. The maximum atomic E-state index is 11.7. The molecule has 3 rings (SSSR count). The summed E-state index contributed by atoms with van der Waals surface area (Å²) < 4.78 is 21.7. The van der Waals surface area contributed by atoms with Gasteiger partial charge in [0.1, 0.15) is 0 Å². The topological polar surface area (TPSA) is 60.5 Å². The van der Waals surface area contributed by atoms with Crippen molar-refractivity contribution >= 4 is 12.5 Å². The molecule has 7 heteroatoms. The van der Waals surface area contributed by atoms with Crippen LogP contribution in [0.2, 0.25) is 0 Å². The molecule has 0 saturated carbocycles. The summed E-state index contributed by atoms with van der Waals surface area (Å²) in [5, 5.41) is 0. The second-order valence-corrected chi connectivity index (χ2v) is 8.84. The first-order valence-electron chi connectivity index (χ1n) is 12.0. The van der Waals surface area contributed by atoms with Crippen molar-refractivity contribution in [3.05, 3.63) is 52.7 Å². The maximum absolute atomic E-state index is 11.7. The highest BCUT2D eigenvalue weighted by Crippen LogP contribution is 2.42. The Morgan fingerprint density at radius 1 is 0.914 bits per heavy atom. The first-order chi connectivity index (χ1) is 17.0. The molecule has 0 aromatic heterocycles. The number of carbonyl (C=O) groups is 1. The van der Waals surface area contributed by atoms with Gasteiger partial charge in [0.05, 0.1) is 28.4 Å². The predicted molar refractivity (Wildman–Crippen MR) is 139 cm³/mol. The monoisotopic (exact) mass is 482 g/mol. The molecule has 0 heterocycles. The zero-order chi connectivity index (χ0) is 25.4. The van der Waals surface area contributed by atoms with Crippen LogP contribution < -0.4 is 18.9 Å². The minimum atomic E-state index is 0.495. The molecule has 0 N–H and O–H groups in total. The maximum Gasteiger partial charge on any atom is 0.213 e. The number of methoxy groups -OCH3 is 4. The molecule has 2 aromatic rings. The van der Waals surface area contributed by atoms with E-state index in [0.29, 0.717) is 24.0 Å². The third kappa shape index (κ3) is 6.28. The molecular formula is C28H38N2O5. The van der Waals surface area contributed by atoms with E-state index in [9.17, 15) is 4.79 Å². The van der Waals surface area contributed by atoms with Gasteiger partial charge in [0.25, 0.3) is 0 Å². The Labute approximate surface area is 209 Å². The molecule has 0 spiro atoms. The van der Waals surface area contributed by atoms with Gasteiger partial charge >= 0.3 is 0 Å². The molecule has 0 bridgehead atoms.